The fourth-order valence-electron chi connectivity index (χ4n) is 0.974. The second kappa shape index (κ2) is 4.04. The highest BCUT2D eigenvalue weighted by molar-refractivity contribution is 5.94. The third kappa shape index (κ3) is 1.81. The van der Waals surface area contributed by atoms with Crippen LogP contribution >= 0.6 is 0 Å². The molecule has 0 saturated heterocycles. The molecular weight excluding hydrogens is 185 g/mol. The molecule has 0 unspecified atom stereocenters. The maximum absolute atomic E-state index is 13.3. The fraction of sp³-hybridized carbons (Fsp3) is 0.333. The molecule has 0 aliphatic heterocycles. The largest absolute Gasteiger partial charge is 0.381 e. The Labute approximate surface area is 81.5 Å². The van der Waals surface area contributed by atoms with Crippen molar-refractivity contribution in [2.75, 3.05) is 19.3 Å². The van der Waals surface area contributed by atoms with Crippen LogP contribution < -0.4 is 5.73 Å². The zero-order chi connectivity index (χ0) is 10.7. The number of nitrogens with zero attached hydrogens (tertiary/aromatic N) is 2. The van der Waals surface area contributed by atoms with Crippen molar-refractivity contribution < 1.29 is 9.18 Å². The Morgan fingerprint density at radius 3 is 2.93 bits per heavy atom. The summed E-state index contributed by atoms with van der Waals surface area (Å²) in [6.07, 6.45) is 1.31. The van der Waals surface area contributed by atoms with Gasteiger partial charge in [0, 0.05) is 19.8 Å². The van der Waals surface area contributed by atoms with E-state index in [9.17, 15) is 9.18 Å². The second-order valence-electron chi connectivity index (χ2n) is 2.88. The van der Waals surface area contributed by atoms with E-state index >= 15 is 0 Å². The van der Waals surface area contributed by atoms with Crippen LogP contribution in [0.3, 0.4) is 0 Å². The standard InChI is InChI=1S/C9H12FN3O/c1-3-13(2)9(14)6-4-5-12-8(11)7(6)10/h4-5H,3H2,1-2H3,(H2,11,12). The molecule has 1 aromatic rings. The summed E-state index contributed by atoms with van der Waals surface area (Å²) in [6, 6.07) is 1.32. The lowest BCUT2D eigenvalue weighted by Gasteiger charge is -2.14. The summed E-state index contributed by atoms with van der Waals surface area (Å²) in [5, 5.41) is 0. The molecule has 5 heteroatoms. The van der Waals surface area contributed by atoms with E-state index in [0.29, 0.717) is 6.54 Å². The summed E-state index contributed by atoms with van der Waals surface area (Å²) < 4.78 is 13.3. The highest BCUT2D eigenvalue weighted by Crippen LogP contribution is 2.13. The van der Waals surface area contributed by atoms with Crippen molar-refractivity contribution in [3.8, 4) is 0 Å². The van der Waals surface area contributed by atoms with Gasteiger partial charge in [-0.15, -0.1) is 0 Å². The minimum atomic E-state index is -0.752. The molecule has 1 amide bonds. The molecular formula is C9H12FN3O. The molecule has 2 N–H and O–H groups in total. The Morgan fingerprint density at radius 2 is 2.36 bits per heavy atom. The number of hydrogen-bond donors (Lipinski definition) is 1. The van der Waals surface area contributed by atoms with Crippen LogP contribution in [0.5, 0.6) is 0 Å². The molecule has 0 aliphatic rings. The topological polar surface area (TPSA) is 59.2 Å². The summed E-state index contributed by atoms with van der Waals surface area (Å²) in [4.78, 5) is 16.5. The Kier molecular flexibility index (Phi) is 3.01. The van der Waals surface area contributed by atoms with Gasteiger partial charge < -0.3 is 10.6 Å². The first-order chi connectivity index (χ1) is 6.57. The number of nitrogen functional groups attached to an aromatic ring is 1. The Hall–Kier alpha value is -1.65. The molecule has 0 bridgehead atoms. The highest BCUT2D eigenvalue weighted by atomic mass is 19.1. The van der Waals surface area contributed by atoms with Crippen molar-refractivity contribution in [1.29, 1.82) is 0 Å². The Bertz CT molecular complexity index is 354. The van der Waals surface area contributed by atoms with Crippen molar-refractivity contribution in [2.24, 2.45) is 0 Å². The molecule has 0 fully saturated rings. The number of rotatable bonds is 2. The smallest absolute Gasteiger partial charge is 0.256 e. The predicted octanol–water partition coefficient (Wildman–Crippen LogP) is 0.895. The van der Waals surface area contributed by atoms with Gasteiger partial charge >= 0.3 is 0 Å². The first-order valence-electron chi connectivity index (χ1n) is 4.23. The zero-order valence-corrected chi connectivity index (χ0v) is 8.12. The minimum absolute atomic E-state index is 0.0400. The lowest BCUT2D eigenvalue weighted by atomic mass is 10.2. The quantitative estimate of drug-likeness (QED) is 0.766. The average molecular weight is 197 g/mol. The third-order valence-electron chi connectivity index (χ3n) is 1.97. The summed E-state index contributed by atoms with van der Waals surface area (Å²) in [6.45, 7) is 2.32. The van der Waals surface area contributed by atoms with Crippen molar-refractivity contribution in [2.45, 2.75) is 6.92 Å². The van der Waals surface area contributed by atoms with Gasteiger partial charge in [0.15, 0.2) is 11.6 Å². The van der Waals surface area contributed by atoms with Gasteiger partial charge in [0.2, 0.25) is 0 Å². The minimum Gasteiger partial charge on any atom is -0.381 e. The van der Waals surface area contributed by atoms with E-state index in [1.54, 1.807) is 14.0 Å². The first kappa shape index (κ1) is 10.4. The summed E-state index contributed by atoms with van der Waals surface area (Å²) in [5.41, 5.74) is 5.20. The van der Waals surface area contributed by atoms with Crippen LogP contribution in [0.2, 0.25) is 0 Å². The van der Waals surface area contributed by atoms with Crippen molar-refractivity contribution in [3.05, 3.63) is 23.6 Å². The van der Waals surface area contributed by atoms with E-state index in [1.807, 2.05) is 0 Å². The van der Waals surface area contributed by atoms with E-state index in [0.717, 1.165) is 0 Å². The van der Waals surface area contributed by atoms with Gasteiger partial charge in [-0.2, -0.15) is 0 Å². The monoisotopic (exact) mass is 197 g/mol. The van der Waals surface area contributed by atoms with E-state index < -0.39 is 5.82 Å². The van der Waals surface area contributed by atoms with Crippen LogP contribution in [0, 0.1) is 5.82 Å². The van der Waals surface area contributed by atoms with Crippen molar-refractivity contribution >= 4 is 11.7 Å². The van der Waals surface area contributed by atoms with Gasteiger partial charge in [0.1, 0.15) is 0 Å². The van der Waals surface area contributed by atoms with Gasteiger partial charge in [0.25, 0.3) is 5.91 Å². The van der Waals surface area contributed by atoms with E-state index in [1.165, 1.54) is 17.2 Å². The molecule has 0 saturated carbocycles. The number of amides is 1. The summed E-state index contributed by atoms with van der Waals surface area (Å²) >= 11 is 0. The first-order valence-corrected chi connectivity index (χ1v) is 4.23. The Morgan fingerprint density at radius 1 is 1.71 bits per heavy atom. The molecule has 0 spiro atoms. The maximum atomic E-state index is 13.3. The molecule has 4 nitrogen and oxygen atoms in total. The van der Waals surface area contributed by atoms with Crippen LogP contribution in [-0.4, -0.2) is 29.4 Å². The van der Waals surface area contributed by atoms with Gasteiger partial charge in [-0.1, -0.05) is 0 Å². The van der Waals surface area contributed by atoms with Crippen LogP contribution in [-0.2, 0) is 0 Å². The van der Waals surface area contributed by atoms with Crippen molar-refractivity contribution in [3.63, 3.8) is 0 Å². The summed E-state index contributed by atoms with van der Waals surface area (Å²) in [5.74, 6) is -1.39. The number of pyridine rings is 1. The lowest BCUT2D eigenvalue weighted by molar-refractivity contribution is 0.0798. The lowest BCUT2D eigenvalue weighted by Crippen LogP contribution is -2.27. The number of hydrogen-bond acceptors (Lipinski definition) is 3. The average Bonchev–Trinajstić information content (AvgIpc) is 2.20. The Balaban J connectivity index is 3.07. The molecule has 0 radical (unpaired) electrons. The molecule has 14 heavy (non-hydrogen) atoms. The SMILES string of the molecule is CCN(C)C(=O)c1ccnc(N)c1F. The van der Waals surface area contributed by atoms with Gasteiger partial charge in [-0.25, -0.2) is 9.37 Å². The van der Waals surface area contributed by atoms with Crippen LogP contribution in [0.15, 0.2) is 12.3 Å². The van der Waals surface area contributed by atoms with Crippen molar-refractivity contribution in [1.82, 2.24) is 9.88 Å². The molecule has 1 heterocycles. The molecule has 76 valence electrons. The fourth-order valence-corrected chi connectivity index (χ4v) is 0.974. The van der Waals surface area contributed by atoms with Gasteiger partial charge in [-0.05, 0) is 13.0 Å². The summed E-state index contributed by atoms with van der Waals surface area (Å²) in [7, 11) is 1.60. The molecule has 0 atom stereocenters. The van der Waals surface area contributed by atoms with E-state index in [-0.39, 0.29) is 17.3 Å². The van der Waals surface area contributed by atoms with Crippen LogP contribution in [0.4, 0.5) is 10.2 Å². The van der Waals surface area contributed by atoms with Gasteiger partial charge in [0.05, 0.1) is 5.56 Å². The second-order valence-corrected chi connectivity index (χ2v) is 2.88. The van der Waals surface area contributed by atoms with E-state index in [4.69, 9.17) is 5.73 Å². The van der Waals surface area contributed by atoms with Gasteiger partial charge in [-0.3, -0.25) is 4.79 Å². The predicted molar refractivity (Wildman–Crippen MR) is 51.2 cm³/mol. The number of carbonyl (C=O) groups excluding carboxylic acids is 1. The number of aromatic nitrogens is 1. The number of halogens is 1. The van der Waals surface area contributed by atoms with E-state index in [2.05, 4.69) is 4.98 Å². The molecule has 0 aliphatic carbocycles. The van der Waals surface area contributed by atoms with Crippen LogP contribution in [0.1, 0.15) is 17.3 Å². The van der Waals surface area contributed by atoms with Crippen LogP contribution in [0.25, 0.3) is 0 Å². The third-order valence-corrected chi connectivity index (χ3v) is 1.97. The molecule has 0 aromatic carbocycles. The maximum Gasteiger partial charge on any atom is 0.256 e. The molecule has 1 aromatic heterocycles. The zero-order valence-electron chi connectivity index (χ0n) is 8.12. The molecule has 1 rings (SSSR count). The number of anilines is 1. The normalized spacial score (nSPS) is 9.93. The number of nitrogens with two attached hydrogens (primary N) is 1. The highest BCUT2D eigenvalue weighted by Gasteiger charge is 2.16. The number of carbonyl (C=O) groups is 1.